The molecule has 13 nitrogen and oxygen atoms in total. The first-order chi connectivity index (χ1) is 22.9. The van der Waals surface area contributed by atoms with Crippen molar-refractivity contribution in [3.05, 3.63) is 72.1 Å². The summed E-state index contributed by atoms with van der Waals surface area (Å²) in [5.74, 6) is 0.834. The number of nitriles is 1. The van der Waals surface area contributed by atoms with E-state index in [4.69, 9.17) is 9.47 Å². The van der Waals surface area contributed by atoms with Crippen molar-refractivity contribution in [1.82, 2.24) is 34.7 Å². The molecule has 2 N–H and O–H groups in total. The van der Waals surface area contributed by atoms with Crippen molar-refractivity contribution in [3.63, 3.8) is 0 Å². The Morgan fingerprint density at radius 2 is 1.89 bits per heavy atom. The van der Waals surface area contributed by atoms with Gasteiger partial charge >= 0.3 is 0 Å². The van der Waals surface area contributed by atoms with E-state index in [-0.39, 0.29) is 36.0 Å². The third-order valence-corrected chi connectivity index (χ3v) is 8.82. The summed E-state index contributed by atoms with van der Waals surface area (Å²) in [6.07, 6.45) is 1.01. The van der Waals surface area contributed by atoms with Gasteiger partial charge in [-0.3, -0.25) is 9.69 Å². The molecule has 5 heterocycles. The molecule has 3 saturated heterocycles. The number of aryl methyl sites for hydroxylation is 1. The number of aromatic amines is 1. The number of H-pyrrole nitrogens is 1. The van der Waals surface area contributed by atoms with Gasteiger partial charge in [0.15, 0.2) is 17.8 Å². The average molecular weight is 639 g/mol. The largest absolute Gasteiger partial charge is 0.486 e. The van der Waals surface area contributed by atoms with Crippen molar-refractivity contribution in [2.45, 2.75) is 31.7 Å². The number of halogens is 1. The van der Waals surface area contributed by atoms with Gasteiger partial charge in [-0.1, -0.05) is 0 Å². The van der Waals surface area contributed by atoms with E-state index in [1.54, 1.807) is 31.3 Å². The van der Waals surface area contributed by atoms with Crippen LogP contribution >= 0.6 is 0 Å². The molecule has 0 saturated carbocycles. The monoisotopic (exact) mass is 638 g/mol. The molecule has 0 aliphatic carbocycles. The Balaban J connectivity index is 0.965. The highest BCUT2D eigenvalue weighted by Gasteiger charge is 2.35. The summed E-state index contributed by atoms with van der Waals surface area (Å²) in [6.45, 7) is 7.70. The zero-order valence-electron chi connectivity index (χ0n) is 26.0. The van der Waals surface area contributed by atoms with Crippen LogP contribution in [-0.2, 0) is 4.74 Å². The van der Waals surface area contributed by atoms with Gasteiger partial charge in [-0.2, -0.15) is 10.2 Å². The maximum absolute atomic E-state index is 15.2. The zero-order valence-corrected chi connectivity index (χ0v) is 26.0. The van der Waals surface area contributed by atoms with Crippen LogP contribution in [0.25, 0.3) is 11.4 Å². The number of benzene rings is 2. The van der Waals surface area contributed by atoms with Crippen LogP contribution in [0.1, 0.15) is 28.3 Å². The highest BCUT2D eigenvalue weighted by molar-refractivity contribution is 5.90. The first kappa shape index (κ1) is 30.5. The SMILES string of the molecule is Cc1cnc(C(=O)N2CC[C@H](Oc3ccc(-c4ncnc(Nc5ccc(N6CCN(C7COC7)CC6)cc5)n4)cc3C#N)C(F)C2)[nH]1. The smallest absolute Gasteiger partial charge is 0.289 e. The predicted molar refractivity (Wildman–Crippen MR) is 171 cm³/mol. The van der Waals surface area contributed by atoms with Crippen LogP contribution in [0.4, 0.5) is 21.7 Å². The van der Waals surface area contributed by atoms with Gasteiger partial charge in [0.05, 0.1) is 31.4 Å². The van der Waals surface area contributed by atoms with Gasteiger partial charge in [0.2, 0.25) is 5.95 Å². The van der Waals surface area contributed by atoms with E-state index in [0.717, 1.165) is 50.8 Å². The van der Waals surface area contributed by atoms with E-state index in [9.17, 15) is 10.1 Å². The highest BCUT2D eigenvalue weighted by Crippen LogP contribution is 2.29. The highest BCUT2D eigenvalue weighted by atomic mass is 19.1. The molecule has 1 unspecified atom stereocenters. The van der Waals surface area contributed by atoms with Crippen LogP contribution in [0.3, 0.4) is 0 Å². The number of carbonyl (C=O) groups is 1. The molecule has 2 atom stereocenters. The molecule has 7 rings (SSSR count). The molecule has 0 bridgehead atoms. The second-order valence-electron chi connectivity index (χ2n) is 12.0. The van der Waals surface area contributed by atoms with E-state index in [0.29, 0.717) is 29.9 Å². The van der Waals surface area contributed by atoms with Crippen molar-refractivity contribution >= 4 is 23.2 Å². The maximum Gasteiger partial charge on any atom is 0.289 e. The van der Waals surface area contributed by atoms with Crippen molar-refractivity contribution in [2.24, 2.45) is 0 Å². The molecule has 242 valence electrons. The maximum atomic E-state index is 15.2. The Hall–Kier alpha value is -5.13. The minimum atomic E-state index is -1.43. The van der Waals surface area contributed by atoms with Gasteiger partial charge in [-0.15, -0.1) is 0 Å². The van der Waals surface area contributed by atoms with E-state index in [1.165, 1.54) is 16.9 Å². The number of hydrogen-bond donors (Lipinski definition) is 2. The number of piperazine rings is 1. The van der Waals surface area contributed by atoms with Crippen molar-refractivity contribution in [1.29, 1.82) is 5.26 Å². The minimum Gasteiger partial charge on any atom is -0.486 e. The topological polar surface area (TPSA) is 148 Å². The van der Waals surface area contributed by atoms with Gasteiger partial charge in [0, 0.05) is 68.0 Å². The summed E-state index contributed by atoms with van der Waals surface area (Å²) >= 11 is 0. The number of hydrogen-bond acceptors (Lipinski definition) is 11. The Morgan fingerprint density at radius 3 is 2.57 bits per heavy atom. The number of amides is 1. The Bertz CT molecular complexity index is 1760. The summed E-state index contributed by atoms with van der Waals surface area (Å²) in [6, 6.07) is 15.9. The lowest BCUT2D eigenvalue weighted by atomic mass is 10.0. The normalized spacial score (nSPS) is 20.4. The molecule has 2 aromatic heterocycles. The number of anilines is 3. The number of rotatable bonds is 8. The second kappa shape index (κ2) is 13.3. The summed E-state index contributed by atoms with van der Waals surface area (Å²) < 4.78 is 26.5. The molecule has 47 heavy (non-hydrogen) atoms. The number of piperidine rings is 1. The van der Waals surface area contributed by atoms with Crippen molar-refractivity contribution in [2.75, 3.05) is 62.7 Å². The zero-order chi connectivity index (χ0) is 32.3. The molecule has 14 heteroatoms. The number of alkyl halides is 1. The molecule has 3 aliphatic rings. The van der Waals surface area contributed by atoms with Crippen LogP contribution in [-0.4, -0.2) is 111 Å². The third kappa shape index (κ3) is 6.72. The van der Waals surface area contributed by atoms with E-state index < -0.39 is 12.3 Å². The van der Waals surface area contributed by atoms with Gasteiger partial charge < -0.3 is 29.6 Å². The first-order valence-corrected chi connectivity index (χ1v) is 15.7. The lowest BCUT2D eigenvalue weighted by molar-refractivity contribution is -0.0660. The molecular weight excluding hydrogens is 603 g/mol. The summed E-state index contributed by atoms with van der Waals surface area (Å²) in [7, 11) is 0. The molecule has 4 aromatic rings. The molecule has 0 spiro atoms. The first-order valence-electron chi connectivity index (χ1n) is 15.7. The fourth-order valence-electron chi connectivity index (χ4n) is 6.05. The molecule has 3 aliphatic heterocycles. The van der Waals surface area contributed by atoms with Crippen LogP contribution in [0.5, 0.6) is 5.75 Å². The lowest BCUT2D eigenvalue weighted by Gasteiger charge is -2.43. The van der Waals surface area contributed by atoms with Crippen LogP contribution in [0, 0.1) is 18.3 Å². The van der Waals surface area contributed by atoms with E-state index in [1.807, 2.05) is 12.1 Å². The third-order valence-electron chi connectivity index (χ3n) is 8.82. The van der Waals surface area contributed by atoms with Crippen LogP contribution in [0.2, 0.25) is 0 Å². The van der Waals surface area contributed by atoms with Gasteiger partial charge in [-0.25, -0.2) is 19.3 Å². The van der Waals surface area contributed by atoms with Crippen molar-refractivity contribution < 1.29 is 18.7 Å². The number of likely N-dealkylation sites (tertiary alicyclic amines) is 1. The molecule has 0 radical (unpaired) electrons. The quantitative estimate of drug-likeness (QED) is 0.293. The molecule has 2 aromatic carbocycles. The summed E-state index contributed by atoms with van der Waals surface area (Å²) in [5, 5.41) is 13.1. The number of ether oxygens (including phenoxy) is 2. The fraction of sp³-hybridized carbons (Fsp3) is 0.394. The minimum absolute atomic E-state index is 0.125. The molecular formula is C33H35FN10O3. The Kier molecular flexibility index (Phi) is 8.64. The Labute approximate surface area is 271 Å². The predicted octanol–water partition coefficient (Wildman–Crippen LogP) is 3.34. The average Bonchev–Trinajstić information content (AvgIpc) is 3.51. The summed E-state index contributed by atoms with van der Waals surface area (Å²) in [4.78, 5) is 39.1. The lowest BCUT2D eigenvalue weighted by Crippen LogP contribution is -2.56. The molecule has 3 fully saturated rings. The second-order valence-corrected chi connectivity index (χ2v) is 12.0. The molecule has 1 amide bonds. The summed E-state index contributed by atoms with van der Waals surface area (Å²) in [5.41, 5.74) is 3.58. The standard InChI is InChI=1S/C33H35FN10O3/c1-21-16-36-31(39-21)32(45)44-9-8-29(27(34)17-44)47-28-7-2-22(14-23(28)15-35)30-37-20-38-33(41-30)40-24-3-5-25(6-4-24)42-10-12-43(13-11-42)26-18-46-19-26/h2-7,14,16,20,26-27,29H,8-13,17-19H2,1H3,(H,36,39)(H,37,38,40,41)/t27?,29-/m0/s1. The fourth-order valence-corrected chi connectivity index (χ4v) is 6.05. The van der Waals surface area contributed by atoms with Gasteiger partial charge in [0.25, 0.3) is 5.91 Å². The van der Waals surface area contributed by atoms with Gasteiger partial charge in [0.1, 0.15) is 24.3 Å². The number of aromatic nitrogens is 5. The van der Waals surface area contributed by atoms with Crippen LogP contribution < -0.4 is 15.0 Å². The Morgan fingerprint density at radius 1 is 1.09 bits per heavy atom. The number of nitrogens with zero attached hydrogens (tertiary/aromatic N) is 8. The number of imidazole rings is 1. The van der Waals surface area contributed by atoms with E-state index >= 15 is 4.39 Å². The van der Waals surface area contributed by atoms with Gasteiger partial charge in [-0.05, 0) is 49.4 Å². The van der Waals surface area contributed by atoms with Crippen LogP contribution in [0.15, 0.2) is 55.0 Å². The number of carbonyl (C=O) groups excluding carboxylic acids is 1. The van der Waals surface area contributed by atoms with E-state index in [2.05, 4.69) is 58.2 Å². The van der Waals surface area contributed by atoms with Crippen molar-refractivity contribution in [3.8, 4) is 23.2 Å². The number of nitrogens with one attached hydrogen (secondary N) is 2.